The number of ether oxygens (including phenoxy) is 1. The Balaban J connectivity index is 1.95. The summed E-state index contributed by atoms with van der Waals surface area (Å²) < 4.78 is 33.1. The largest absolute Gasteiger partial charge is 0.497 e. The number of aryl methyl sites for hydroxylation is 1. The van der Waals surface area contributed by atoms with E-state index in [1.807, 2.05) is 43.3 Å². The number of methoxy groups -OCH3 is 1. The summed E-state index contributed by atoms with van der Waals surface area (Å²) in [5.74, 6) is 0.780. The van der Waals surface area contributed by atoms with E-state index in [2.05, 4.69) is 0 Å². The van der Waals surface area contributed by atoms with Crippen molar-refractivity contribution >= 4 is 10.0 Å². The van der Waals surface area contributed by atoms with Crippen LogP contribution in [0.1, 0.15) is 36.4 Å². The maximum absolute atomic E-state index is 13.1. The summed E-state index contributed by atoms with van der Waals surface area (Å²) >= 11 is 0. The van der Waals surface area contributed by atoms with Crippen molar-refractivity contribution in [3.8, 4) is 5.75 Å². The van der Waals surface area contributed by atoms with E-state index < -0.39 is 10.0 Å². The van der Waals surface area contributed by atoms with Crippen LogP contribution in [-0.2, 0) is 10.0 Å². The first-order chi connectivity index (χ1) is 11.5. The van der Waals surface area contributed by atoms with Crippen molar-refractivity contribution in [3.05, 3.63) is 59.7 Å². The predicted octanol–water partition coefficient (Wildman–Crippen LogP) is 3.92. The molecule has 1 aliphatic heterocycles. The maximum Gasteiger partial charge on any atom is 0.243 e. The van der Waals surface area contributed by atoms with E-state index in [-0.39, 0.29) is 6.04 Å². The molecule has 1 atom stereocenters. The zero-order chi connectivity index (χ0) is 17.2. The van der Waals surface area contributed by atoms with Crippen LogP contribution < -0.4 is 4.74 Å². The molecule has 0 aromatic heterocycles. The molecule has 1 fully saturated rings. The Morgan fingerprint density at radius 2 is 1.67 bits per heavy atom. The molecule has 0 amide bonds. The molecule has 4 nitrogen and oxygen atoms in total. The minimum atomic E-state index is -3.49. The highest BCUT2D eigenvalue weighted by molar-refractivity contribution is 7.89. The van der Waals surface area contributed by atoms with Gasteiger partial charge in [0.25, 0.3) is 0 Å². The Labute approximate surface area is 144 Å². The van der Waals surface area contributed by atoms with Gasteiger partial charge in [0, 0.05) is 6.54 Å². The zero-order valence-corrected chi connectivity index (χ0v) is 14.9. The van der Waals surface area contributed by atoms with E-state index in [1.54, 1.807) is 23.5 Å². The molecule has 0 bridgehead atoms. The highest BCUT2D eigenvalue weighted by atomic mass is 32.2. The number of sulfonamides is 1. The molecule has 24 heavy (non-hydrogen) atoms. The van der Waals surface area contributed by atoms with Gasteiger partial charge in [-0.1, -0.05) is 36.2 Å². The first-order valence-corrected chi connectivity index (χ1v) is 9.69. The minimum Gasteiger partial charge on any atom is -0.497 e. The summed E-state index contributed by atoms with van der Waals surface area (Å²) in [6.45, 7) is 2.52. The third-order valence-corrected chi connectivity index (χ3v) is 6.50. The van der Waals surface area contributed by atoms with Crippen LogP contribution in [0.5, 0.6) is 5.75 Å². The van der Waals surface area contributed by atoms with Gasteiger partial charge in [0.05, 0.1) is 18.0 Å². The second-order valence-electron chi connectivity index (χ2n) is 6.21. The number of piperidine rings is 1. The van der Waals surface area contributed by atoms with Crippen molar-refractivity contribution in [2.24, 2.45) is 0 Å². The van der Waals surface area contributed by atoms with Crippen molar-refractivity contribution < 1.29 is 13.2 Å². The Bertz CT molecular complexity index is 782. The van der Waals surface area contributed by atoms with Gasteiger partial charge in [-0.25, -0.2) is 8.42 Å². The topological polar surface area (TPSA) is 46.6 Å². The lowest BCUT2D eigenvalue weighted by atomic mass is 9.97. The molecule has 0 spiro atoms. The van der Waals surface area contributed by atoms with E-state index in [1.165, 1.54) is 0 Å². The summed E-state index contributed by atoms with van der Waals surface area (Å²) in [4.78, 5) is 0.369. The molecule has 0 saturated carbocycles. The van der Waals surface area contributed by atoms with Crippen LogP contribution in [-0.4, -0.2) is 26.4 Å². The number of nitrogens with zero attached hydrogens (tertiary/aromatic N) is 1. The maximum atomic E-state index is 13.1. The van der Waals surface area contributed by atoms with Crippen LogP contribution in [0.4, 0.5) is 0 Å². The smallest absolute Gasteiger partial charge is 0.243 e. The third-order valence-electron chi connectivity index (χ3n) is 4.58. The molecule has 1 aliphatic rings. The molecular weight excluding hydrogens is 322 g/mol. The quantitative estimate of drug-likeness (QED) is 0.844. The van der Waals surface area contributed by atoms with Gasteiger partial charge in [-0.05, 0) is 49.6 Å². The average molecular weight is 345 g/mol. The second kappa shape index (κ2) is 6.95. The fraction of sp³-hybridized carbons (Fsp3) is 0.368. The molecule has 2 aromatic rings. The van der Waals surface area contributed by atoms with Gasteiger partial charge >= 0.3 is 0 Å². The van der Waals surface area contributed by atoms with Crippen LogP contribution in [0, 0.1) is 6.92 Å². The van der Waals surface area contributed by atoms with E-state index in [0.29, 0.717) is 11.4 Å². The third kappa shape index (κ3) is 3.32. The highest BCUT2D eigenvalue weighted by Crippen LogP contribution is 2.36. The lowest BCUT2D eigenvalue weighted by Gasteiger charge is -2.35. The highest BCUT2D eigenvalue weighted by Gasteiger charge is 2.34. The first-order valence-electron chi connectivity index (χ1n) is 8.25. The van der Waals surface area contributed by atoms with Crippen molar-refractivity contribution in [1.82, 2.24) is 4.31 Å². The molecular formula is C19H23NO3S. The van der Waals surface area contributed by atoms with Crippen LogP contribution in [0.25, 0.3) is 0 Å². The normalized spacial score (nSPS) is 19.2. The Kier molecular flexibility index (Phi) is 4.92. The molecule has 0 N–H and O–H groups in total. The van der Waals surface area contributed by atoms with E-state index in [4.69, 9.17) is 4.74 Å². The van der Waals surface area contributed by atoms with Crippen LogP contribution in [0.3, 0.4) is 0 Å². The van der Waals surface area contributed by atoms with Crippen LogP contribution in [0.15, 0.2) is 53.4 Å². The monoisotopic (exact) mass is 345 g/mol. The van der Waals surface area contributed by atoms with Crippen LogP contribution in [0.2, 0.25) is 0 Å². The second-order valence-corrected chi connectivity index (χ2v) is 8.10. The molecule has 5 heteroatoms. The number of benzene rings is 2. The van der Waals surface area contributed by atoms with Crippen LogP contribution >= 0.6 is 0 Å². The Hall–Kier alpha value is -1.85. The van der Waals surface area contributed by atoms with E-state index in [9.17, 15) is 8.42 Å². The molecule has 0 radical (unpaired) electrons. The lowest BCUT2D eigenvalue weighted by Crippen LogP contribution is -2.38. The van der Waals surface area contributed by atoms with E-state index >= 15 is 0 Å². The Morgan fingerprint density at radius 3 is 2.29 bits per heavy atom. The number of hydrogen-bond donors (Lipinski definition) is 0. The van der Waals surface area contributed by atoms with Crippen molar-refractivity contribution in [3.63, 3.8) is 0 Å². The molecule has 2 aromatic carbocycles. The molecule has 3 rings (SSSR count). The number of hydrogen-bond acceptors (Lipinski definition) is 3. The standard InChI is InChI=1S/C19H23NO3S/c1-15-6-12-18(13-7-15)24(21,22)20-14-4-3-5-19(20)16-8-10-17(23-2)11-9-16/h6-13,19H,3-5,14H2,1-2H3. The summed E-state index contributed by atoms with van der Waals surface area (Å²) in [6.07, 6.45) is 2.78. The van der Waals surface area contributed by atoms with Crippen molar-refractivity contribution in [2.75, 3.05) is 13.7 Å². The predicted molar refractivity (Wildman–Crippen MR) is 94.7 cm³/mol. The summed E-state index contributed by atoms with van der Waals surface area (Å²) in [5.41, 5.74) is 2.07. The molecule has 1 unspecified atom stereocenters. The lowest BCUT2D eigenvalue weighted by molar-refractivity contribution is 0.256. The number of rotatable bonds is 4. The van der Waals surface area contributed by atoms with Gasteiger partial charge in [-0.2, -0.15) is 4.31 Å². The SMILES string of the molecule is COc1ccc(C2CCCCN2S(=O)(=O)c2ccc(C)cc2)cc1. The molecule has 128 valence electrons. The molecule has 1 heterocycles. The molecule has 1 saturated heterocycles. The zero-order valence-electron chi connectivity index (χ0n) is 14.1. The summed E-state index contributed by atoms with van der Waals surface area (Å²) in [5, 5.41) is 0. The minimum absolute atomic E-state index is 0.115. The van der Waals surface area contributed by atoms with Gasteiger partial charge in [0.15, 0.2) is 0 Å². The first kappa shape index (κ1) is 17.0. The van der Waals surface area contributed by atoms with Gasteiger partial charge < -0.3 is 4.74 Å². The fourth-order valence-corrected chi connectivity index (χ4v) is 4.88. The van der Waals surface area contributed by atoms with Gasteiger partial charge in [0.1, 0.15) is 5.75 Å². The van der Waals surface area contributed by atoms with Crippen molar-refractivity contribution in [2.45, 2.75) is 37.1 Å². The molecule has 0 aliphatic carbocycles. The summed E-state index contributed by atoms with van der Waals surface area (Å²) in [6, 6.07) is 14.7. The van der Waals surface area contributed by atoms with Crippen molar-refractivity contribution in [1.29, 1.82) is 0 Å². The van der Waals surface area contributed by atoms with Gasteiger partial charge in [-0.15, -0.1) is 0 Å². The van der Waals surface area contributed by atoms with Gasteiger partial charge in [0.2, 0.25) is 10.0 Å². The van der Waals surface area contributed by atoms with Gasteiger partial charge in [-0.3, -0.25) is 0 Å². The fourth-order valence-electron chi connectivity index (χ4n) is 3.20. The van der Waals surface area contributed by atoms with E-state index in [0.717, 1.165) is 36.1 Å². The average Bonchev–Trinajstić information content (AvgIpc) is 2.62. The Morgan fingerprint density at radius 1 is 1.00 bits per heavy atom. The summed E-state index contributed by atoms with van der Waals surface area (Å²) in [7, 11) is -1.86.